The molecule has 0 radical (unpaired) electrons. The van der Waals surface area contributed by atoms with E-state index in [1.165, 1.54) is 6.42 Å². The van der Waals surface area contributed by atoms with Gasteiger partial charge in [-0.25, -0.2) is 0 Å². The lowest BCUT2D eigenvalue weighted by Gasteiger charge is -2.40. The van der Waals surface area contributed by atoms with E-state index in [1.807, 2.05) is 35.2 Å². The molecule has 2 aliphatic rings. The van der Waals surface area contributed by atoms with E-state index in [2.05, 4.69) is 17.2 Å². The molecule has 2 aliphatic heterocycles. The SMILES string of the molecule is O=C(C#Cc1ccccc1)N1C[C@@H]2CNC[C@@H](C2)C1. The lowest BCUT2D eigenvalue weighted by atomic mass is 9.86. The van der Waals surface area contributed by atoms with Gasteiger partial charge in [-0.2, -0.15) is 0 Å². The number of carbonyl (C=O) groups is 1. The largest absolute Gasteiger partial charge is 0.331 e. The molecule has 3 rings (SSSR count). The Kier molecular flexibility index (Phi) is 3.52. The minimum Gasteiger partial charge on any atom is -0.331 e. The van der Waals surface area contributed by atoms with Crippen molar-refractivity contribution in [2.45, 2.75) is 6.42 Å². The van der Waals surface area contributed by atoms with Gasteiger partial charge in [0, 0.05) is 24.6 Å². The standard InChI is InChI=1S/C16H18N2O/c19-16(7-6-13-4-2-1-3-5-13)18-11-14-8-15(12-18)10-17-9-14/h1-5,14-15,17H,8-12H2/t14-,15+. The summed E-state index contributed by atoms with van der Waals surface area (Å²) < 4.78 is 0. The van der Waals surface area contributed by atoms with Crippen LogP contribution in [0.5, 0.6) is 0 Å². The number of rotatable bonds is 0. The van der Waals surface area contributed by atoms with Crippen LogP contribution in [0.15, 0.2) is 30.3 Å². The van der Waals surface area contributed by atoms with Crippen LogP contribution in [0.25, 0.3) is 0 Å². The molecule has 0 unspecified atom stereocenters. The predicted molar refractivity (Wildman–Crippen MR) is 74.4 cm³/mol. The van der Waals surface area contributed by atoms with Crippen molar-refractivity contribution in [2.75, 3.05) is 26.2 Å². The highest BCUT2D eigenvalue weighted by Gasteiger charge is 2.31. The van der Waals surface area contributed by atoms with Crippen molar-refractivity contribution in [1.82, 2.24) is 10.2 Å². The molecule has 2 bridgehead atoms. The van der Waals surface area contributed by atoms with Crippen molar-refractivity contribution >= 4 is 5.91 Å². The van der Waals surface area contributed by atoms with E-state index in [4.69, 9.17) is 0 Å². The van der Waals surface area contributed by atoms with Crippen LogP contribution in [0.1, 0.15) is 12.0 Å². The molecule has 0 aromatic heterocycles. The molecule has 3 heteroatoms. The van der Waals surface area contributed by atoms with Crippen molar-refractivity contribution < 1.29 is 4.79 Å². The maximum absolute atomic E-state index is 12.1. The first-order chi connectivity index (χ1) is 9.31. The summed E-state index contributed by atoms with van der Waals surface area (Å²) in [5.41, 5.74) is 0.898. The Labute approximate surface area is 114 Å². The Morgan fingerprint density at radius 2 is 1.84 bits per heavy atom. The normalized spacial score (nSPS) is 25.4. The number of amides is 1. The van der Waals surface area contributed by atoms with E-state index in [9.17, 15) is 4.79 Å². The highest BCUT2D eigenvalue weighted by atomic mass is 16.2. The third kappa shape index (κ3) is 2.97. The van der Waals surface area contributed by atoms with E-state index < -0.39 is 0 Å². The number of nitrogens with one attached hydrogen (secondary N) is 1. The smallest absolute Gasteiger partial charge is 0.298 e. The van der Waals surface area contributed by atoms with Gasteiger partial charge in [0.25, 0.3) is 5.91 Å². The number of nitrogens with zero attached hydrogens (tertiary/aromatic N) is 1. The van der Waals surface area contributed by atoms with Crippen LogP contribution >= 0.6 is 0 Å². The minimum absolute atomic E-state index is 0.0274. The number of fused-ring (bicyclic) bond motifs is 2. The summed E-state index contributed by atoms with van der Waals surface area (Å²) in [6.45, 7) is 3.77. The molecule has 2 fully saturated rings. The third-order valence-electron chi connectivity index (χ3n) is 3.86. The van der Waals surface area contributed by atoms with Gasteiger partial charge in [-0.15, -0.1) is 0 Å². The molecule has 19 heavy (non-hydrogen) atoms. The molecule has 0 saturated carbocycles. The average Bonchev–Trinajstić information content (AvgIpc) is 2.45. The monoisotopic (exact) mass is 254 g/mol. The molecule has 98 valence electrons. The molecule has 1 aromatic rings. The summed E-state index contributed by atoms with van der Waals surface area (Å²) in [5, 5.41) is 3.43. The maximum atomic E-state index is 12.1. The van der Waals surface area contributed by atoms with Gasteiger partial charge in [0.15, 0.2) is 0 Å². The molecule has 2 saturated heterocycles. The first-order valence-corrected chi connectivity index (χ1v) is 6.88. The van der Waals surface area contributed by atoms with Crippen LogP contribution in [0.2, 0.25) is 0 Å². The molecular weight excluding hydrogens is 236 g/mol. The second kappa shape index (κ2) is 5.46. The van der Waals surface area contributed by atoms with E-state index in [1.54, 1.807) is 0 Å². The van der Waals surface area contributed by atoms with Crippen LogP contribution in [-0.4, -0.2) is 37.0 Å². The van der Waals surface area contributed by atoms with Gasteiger partial charge in [-0.05, 0) is 43.5 Å². The number of piperidine rings is 2. The third-order valence-corrected chi connectivity index (χ3v) is 3.86. The molecule has 2 heterocycles. The zero-order valence-electron chi connectivity index (χ0n) is 10.9. The summed E-state index contributed by atoms with van der Waals surface area (Å²) in [4.78, 5) is 14.1. The fraction of sp³-hybridized carbons (Fsp3) is 0.438. The van der Waals surface area contributed by atoms with Crippen molar-refractivity contribution in [1.29, 1.82) is 0 Å². The van der Waals surface area contributed by atoms with Gasteiger partial charge in [-0.1, -0.05) is 24.1 Å². The predicted octanol–water partition coefficient (Wildman–Crippen LogP) is 1.11. The summed E-state index contributed by atoms with van der Waals surface area (Å²) in [7, 11) is 0. The Hall–Kier alpha value is -1.79. The zero-order valence-corrected chi connectivity index (χ0v) is 10.9. The second-order valence-corrected chi connectivity index (χ2v) is 5.45. The Bertz CT molecular complexity index is 503. The topological polar surface area (TPSA) is 32.3 Å². The van der Waals surface area contributed by atoms with Gasteiger partial charge in [0.05, 0.1) is 0 Å². The summed E-state index contributed by atoms with van der Waals surface area (Å²) in [6, 6.07) is 9.67. The number of benzene rings is 1. The summed E-state index contributed by atoms with van der Waals surface area (Å²) in [5.74, 6) is 6.91. The number of hydrogen-bond acceptors (Lipinski definition) is 2. The minimum atomic E-state index is -0.0274. The molecule has 0 spiro atoms. The molecule has 1 aromatic carbocycles. The van der Waals surface area contributed by atoms with Crippen molar-refractivity contribution in [3.8, 4) is 11.8 Å². The zero-order chi connectivity index (χ0) is 13.1. The molecule has 1 N–H and O–H groups in total. The highest BCUT2D eigenvalue weighted by Crippen LogP contribution is 2.24. The fourth-order valence-corrected chi connectivity index (χ4v) is 3.00. The summed E-state index contributed by atoms with van der Waals surface area (Å²) in [6.07, 6.45) is 1.25. The van der Waals surface area contributed by atoms with Gasteiger partial charge >= 0.3 is 0 Å². The van der Waals surface area contributed by atoms with Gasteiger partial charge in [-0.3, -0.25) is 4.79 Å². The molecular formula is C16H18N2O. The first kappa shape index (κ1) is 12.3. The van der Waals surface area contributed by atoms with E-state index >= 15 is 0 Å². The van der Waals surface area contributed by atoms with Gasteiger partial charge < -0.3 is 10.2 Å². The fourth-order valence-electron chi connectivity index (χ4n) is 3.00. The molecule has 3 nitrogen and oxygen atoms in total. The van der Waals surface area contributed by atoms with Crippen LogP contribution in [0.4, 0.5) is 0 Å². The van der Waals surface area contributed by atoms with Crippen LogP contribution < -0.4 is 5.32 Å². The van der Waals surface area contributed by atoms with E-state index in [0.29, 0.717) is 11.8 Å². The van der Waals surface area contributed by atoms with E-state index in [-0.39, 0.29) is 5.91 Å². The van der Waals surface area contributed by atoms with Crippen molar-refractivity contribution in [3.63, 3.8) is 0 Å². The Morgan fingerprint density at radius 3 is 2.53 bits per heavy atom. The lowest BCUT2D eigenvalue weighted by Crippen LogP contribution is -2.52. The Balaban J connectivity index is 1.66. The lowest BCUT2D eigenvalue weighted by molar-refractivity contribution is -0.128. The van der Waals surface area contributed by atoms with Crippen LogP contribution in [0, 0.1) is 23.7 Å². The van der Waals surface area contributed by atoms with E-state index in [0.717, 1.165) is 31.7 Å². The molecule has 1 amide bonds. The van der Waals surface area contributed by atoms with Crippen LogP contribution in [-0.2, 0) is 4.79 Å². The van der Waals surface area contributed by atoms with Gasteiger partial charge in [0.2, 0.25) is 0 Å². The van der Waals surface area contributed by atoms with Crippen LogP contribution in [0.3, 0.4) is 0 Å². The maximum Gasteiger partial charge on any atom is 0.298 e. The molecule has 2 atom stereocenters. The highest BCUT2D eigenvalue weighted by molar-refractivity contribution is 5.94. The number of hydrogen-bond donors (Lipinski definition) is 1. The molecule has 0 aliphatic carbocycles. The summed E-state index contributed by atoms with van der Waals surface area (Å²) >= 11 is 0. The second-order valence-electron chi connectivity index (χ2n) is 5.45. The van der Waals surface area contributed by atoms with Crippen molar-refractivity contribution in [2.24, 2.45) is 11.8 Å². The Morgan fingerprint density at radius 1 is 1.16 bits per heavy atom. The number of likely N-dealkylation sites (tertiary alicyclic amines) is 1. The average molecular weight is 254 g/mol. The number of carbonyl (C=O) groups excluding carboxylic acids is 1. The first-order valence-electron chi connectivity index (χ1n) is 6.88. The van der Waals surface area contributed by atoms with Gasteiger partial charge in [0.1, 0.15) is 0 Å². The quantitative estimate of drug-likeness (QED) is 0.703. The van der Waals surface area contributed by atoms with Crippen molar-refractivity contribution in [3.05, 3.63) is 35.9 Å².